The van der Waals surface area contributed by atoms with Crippen LogP contribution in [0, 0.1) is 0 Å². The van der Waals surface area contributed by atoms with Gasteiger partial charge in [-0.25, -0.2) is 0 Å². The normalized spacial score (nSPS) is 12.7. The van der Waals surface area contributed by atoms with Crippen molar-refractivity contribution in [3.63, 3.8) is 0 Å². The van der Waals surface area contributed by atoms with Crippen LogP contribution in [-0.4, -0.2) is 35.5 Å². The Hall–Kier alpha value is -1.13. The highest BCUT2D eigenvalue weighted by Gasteiger charge is 2.07. The lowest BCUT2D eigenvalue weighted by molar-refractivity contribution is -0.147. The number of esters is 1. The van der Waals surface area contributed by atoms with Crippen LogP contribution in [0.25, 0.3) is 0 Å². The van der Waals surface area contributed by atoms with Crippen LogP contribution in [-0.2, 0) is 9.53 Å². The molecule has 0 aromatic heterocycles. The molecule has 0 aliphatic heterocycles. The predicted molar refractivity (Wildman–Crippen MR) is 140 cm³/mol. The molecule has 0 radical (unpaired) electrons. The van der Waals surface area contributed by atoms with E-state index in [1.54, 1.807) is 0 Å². The first-order valence-corrected chi connectivity index (χ1v) is 13.9. The molecule has 0 saturated carbocycles. The molecular weight excluding hydrogens is 412 g/mol. The van der Waals surface area contributed by atoms with Crippen LogP contribution >= 0.6 is 0 Å². The summed E-state index contributed by atoms with van der Waals surface area (Å²) in [6, 6.07) is 0. The maximum absolute atomic E-state index is 11.5. The Balaban J connectivity index is 3.22. The number of allylic oxidation sites excluding steroid dienone is 4. The fraction of sp³-hybridized carbons (Fsp3) is 0.828. The van der Waals surface area contributed by atoms with Crippen molar-refractivity contribution in [2.75, 3.05) is 13.2 Å². The van der Waals surface area contributed by atoms with Crippen molar-refractivity contribution in [1.82, 2.24) is 0 Å². The fourth-order valence-corrected chi connectivity index (χ4v) is 3.81. The van der Waals surface area contributed by atoms with Crippen molar-refractivity contribution in [2.24, 2.45) is 0 Å². The Bertz CT molecular complexity index is 459. The molecule has 0 fully saturated rings. The van der Waals surface area contributed by atoms with E-state index < -0.39 is 6.10 Å². The molecule has 4 nitrogen and oxygen atoms in total. The lowest BCUT2D eigenvalue weighted by Crippen LogP contribution is -2.21. The molecule has 0 aliphatic rings. The Morgan fingerprint density at radius 1 is 0.697 bits per heavy atom. The van der Waals surface area contributed by atoms with Gasteiger partial charge in [-0.05, 0) is 38.5 Å². The van der Waals surface area contributed by atoms with Gasteiger partial charge in [-0.3, -0.25) is 4.79 Å². The van der Waals surface area contributed by atoms with Crippen LogP contribution in [0.3, 0.4) is 0 Å². The number of carbonyl (C=O) groups is 1. The highest BCUT2D eigenvalue weighted by molar-refractivity contribution is 5.69. The summed E-state index contributed by atoms with van der Waals surface area (Å²) in [5, 5.41) is 17.8. The van der Waals surface area contributed by atoms with Crippen molar-refractivity contribution in [3.05, 3.63) is 24.3 Å². The van der Waals surface area contributed by atoms with E-state index in [1.807, 2.05) is 0 Å². The Labute approximate surface area is 204 Å². The van der Waals surface area contributed by atoms with Gasteiger partial charge in [-0.2, -0.15) is 0 Å². The number of unbranched alkanes of at least 4 members (excludes halogenated alkanes) is 16. The van der Waals surface area contributed by atoms with Gasteiger partial charge in [0.05, 0.1) is 6.61 Å². The van der Waals surface area contributed by atoms with Gasteiger partial charge in [-0.15, -0.1) is 0 Å². The zero-order valence-corrected chi connectivity index (χ0v) is 21.7. The maximum atomic E-state index is 11.5. The van der Waals surface area contributed by atoms with Crippen molar-refractivity contribution in [3.8, 4) is 0 Å². The topological polar surface area (TPSA) is 66.8 Å². The molecular formula is C29H54O4. The largest absolute Gasteiger partial charge is 0.463 e. The molecule has 0 aromatic carbocycles. The van der Waals surface area contributed by atoms with Gasteiger partial charge in [0.1, 0.15) is 12.7 Å². The molecule has 1 unspecified atom stereocenters. The minimum Gasteiger partial charge on any atom is -0.463 e. The first-order chi connectivity index (χ1) is 16.2. The zero-order valence-electron chi connectivity index (χ0n) is 21.7. The third kappa shape index (κ3) is 27.0. The first kappa shape index (κ1) is 31.9. The van der Waals surface area contributed by atoms with Crippen LogP contribution in [0.2, 0.25) is 0 Å². The van der Waals surface area contributed by atoms with Gasteiger partial charge in [0.25, 0.3) is 0 Å². The standard InChI is InChI=1S/C29H54O4/c1-2-3-4-5-6-7-8-9-10-11-12-13-14-15-16-17-18-19-20-21-22-23-24-25-29(32)33-27-28(31)26-30/h8-9,11-12,28,30-31H,2-7,10,13-27H2,1H3/b9-8-,12-11-. The van der Waals surface area contributed by atoms with E-state index in [0.29, 0.717) is 6.42 Å². The van der Waals surface area contributed by atoms with Crippen LogP contribution < -0.4 is 0 Å². The van der Waals surface area contributed by atoms with Crippen molar-refractivity contribution < 1.29 is 19.7 Å². The molecule has 4 heteroatoms. The third-order valence-corrected chi connectivity index (χ3v) is 5.98. The highest BCUT2D eigenvalue weighted by atomic mass is 16.5. The Morgan fingerprint density at radius 3 is 1.64 bits per heavy atom. The van der Waals surface area contributed by atoms with Crippen LogP contribution in [0.1, 0.15) is 135 Å². The summed E-state index contributed by atoms with van der Waals surface area (Å²) in [6.07, 6.45) is 32.8. The summed E-state index contributed by atoms with van der Waals surface area (Å²) in [5.74, 6) is -0.279. The second-order valence-corrected chi connectivity index (χ2v) is 9.33. The number of aliphatic hydroxyl groups is 2. The monoisotopic (exact) mass is 466 g/mol. The average Bonchev–Trinajstić information content (AvgIpc) is 2.82. The third-order valence-electron chi connectivity index (χ3n) is 5.98. The van der Waals surface area contributed by atoms with Gasteiger partial charge in [0, 0.05) is 6.42 Å². The van der Waals surface area contributed by atoms with Gasteiger partial charge in [-0.1, -0.05) is 115 Å². The predicted octanol–water partition coefficient (Wildman–Crippen LogP) is 7.82. The molecule has 0 saturated heterocycles. The first-order valence-electron chi connectivity index (χ1n) is 13.9. The molecule has 0 aromatic rings. The molecule has 0 amide bonds. The number of aliphatic hydroxyl groups excluding tert-OH is 2. The minimum absolute atomic E-state index is 0.108. The van der Waals surface area contributed by atoms with Gasteiger partial charge in [0.15, 0.2) is 0 Å². The fourth-order valence-electron chi connectivity index (χ4n) is 3.81. The number of hydrogen-bond donors (Lipinski definition) is 2. The average molecular weight is 467 g/mol. The second-order valence-electron chi connectivity index (χ2n) is 9.33. The van der Waals surface area contributed by atoms with Gasteiger partial charge < -0.3 is 14.9 Å². The van der Waals surface area contributed by atoms with E-state index in [1.165, 1.54) is 103 Å². The van der Waals surface area contributed by atoms with Gasteiger partial charge >= 0.3 is 5.97 Å². The molecule has 33 heavy (non-hydrogen) atoms. The molecule has 0 bridgehead atoms. The molecule has 194 valence electrons. The lowest BCUT2D eigenvalue weighted by Gasteiger charge is -2.08. The lowest BCUT2D eigenvalue weighted by atomic mass is 10.0. The number of carbonyl (C=O) groups excluding carboxylic acids is 1. The van der Waals surface area contributed by atoms with Crippen LogP contribution in [0.4, 0.5) is 0 Å². The second kappa shape index (κ2) is 27.1. The van der Waals surface area contributed by atoms with Gasteiger partial charge in [0.2, 0.25) is 0 Å². The SMILES string of the molecule is CCCCCCC/C=C\C/C=C\CCCCCCCCCCCCCC(=O)OCC(O)CO. The Kier molecular flexibility index (Phi) is 26.2. The molecule has 1 atom stereocenters. The van der Waals surface area contributed by atoms with E-state index >= 15 is 0 Å². The van der Waals surface area contributed by atoms with E-state index in [4.69, 9.17) is 14.9 Å². The summed E-state index contributed by atoms with van der Waals surface area (Å²) in [5.41, 5.74) is 0. The summed E-state index contributed by atoms with van der Waals surface area (Å²) in [7, 11) is 0. The van der Waals surface area contributed by atoms with E-state index in [0.717, 1.165) is 19.3 Å². The number of ether oxygens (including phenoxy) is 1. The minimum atomic E-state index is -0.960. The molecule has 0 spiro atoms. The smallest absolute Gasteiger partial charge is 0.305 e. The summed E-state index contributed by atoms with van der Waals surface area (Å²) in [6.45, 7) is 1.79. The molecule has 0 heterocycles. The molecule has 2 N–H and O–H groups in total. The number of rotatable bonds is 25. The van der Waals surface area contributed by atoms with Crippen molar-refractivity contribution in [2.45, 2.75) is 141 Å². The molecule has 0 aliphatic carbocycles. The van der Waals surface area contributed by atoms with Crippen LogP contribution in [0.15, 0.2) is 24.3 Å². The summed E-state index contributed by atoms with van der Waals surface area (Å²) < 4.78 is 4.89. The van der Waals surface area contributed by atoms with E-state index in [-0.39, 0.29) is 19.2 Å². The Morgan fingerprint density at radius 2 is 1.15 bits per heavy atom. The maximum Gasteiger partial charge on any atom is 0.305 e. The zero-order chi connectivity index (χ0) is 24.2. The van der Waals surface area contributed by atoms with Crippen LogP contribution in [0.5, 0.6) is 0 Å². The van der Waals surface area contributed by atoms with E-state index in [9.17, 15) is 4.79 Å². The highest BCUT2D eigenvalue weighted by Crippen LogP contribution is 2.13. The molecule has 0 rings (SSSR count). The van der Waals surface area contributed by atoms with Crippen molar-refractivity contribution >= 4 is 5.97 Å². The summed E-state index contributed by atoms with van der Waals surface area (Å²) in [4.78, 5) is 11.5. The van der Waals surface area contributed by atoms with Crippen molar-refractivity contribution in [1.29, 1.82) is 0 Å². The number of hydrogen-bond acceptors (Lipinski definition) is 4. The summed E-state index contributed by atoms with van der Waals surface area (Å²) >= 11 is 0. The van der Waals surface area contributed by atoms with E-state index in [2.05, 4.69) is 31.2 Å². The quantitative estimate of drug-likeness (QED) is 0.0817.